The van der Waals surface area contributed by atoms with Crippen LogP contribution in [0.15, 0.2) is 30.3 Å². The summed E-state index contributed by atoms with van der Waals surface area (Å²) in [5.74, 6) is 1.74. The Morgan fingerprint density at radius 3 is 2.41 bits per heavy atom. The van der Waals surface area contributed by atoms with Gasteiger partial charge >= 0.3 is 5.71 Å². The standard InChI is InChI=1S/C19H30O2P/c1-14(2)17-12-11-15(3)13-18(17)21-19(20)22(4,5)16-9-7-6-8-10-16/h6-10,14-15,17-18H,11-13H2,1-5H3/q+1/t15-,17+,18-/m0/s1. The zero-order valence-corrected chi connectivity index (χ0v) is 15.5. The van der Waals surface area contributed by atoms with Crippen LogP contribution in [-0.4, -0.2) is 25.1 Å². The molecule has 3 atom stereocenters. The summed E-state index contributed by atoms with van der Waals surface area (Å²) >= 11 is 0. The van der Waals surface area contributed by atoms with Gasteiger partial charge in [-0.1, -0.05) is 45.4 Å². The molecule has 1 aliphatic carbocycles. The Hall–Kier alpha value is -0.880. The van der Waals surface area contributed by atoms with Gasteiger partial charge in [-0.3, -0.25) is 0 Å². The molecule has 0 saturated heterocycles. The Balaban J connectivity index is 2.12. The van der Waals surface area contributed by atoms with Crippen molar-refractivity contribution in [2.45, 2.75) is 46.1 Å². The highest BCUT2D eigenvalue weighted by Gasteiger charge is 2.44. The van der Waals surface area contributed by atoms with Crippen LogP contribution >= 0.6 is 7.26 Å². The van der Waals surface area contributed by atoms with Crippen molar-refractivity contribution in [1.82, 2.24) is 0 Å². The van der Waals surface area contributed by atoms with Crippen molar-refractivity contribution in [3.8, 4) is 0 Å². The van der Waals surface area contributed by atoms with Crippen molar-refractivity contribution in [2.75, 3.05) is 13.3 Å². The summed E-state index contributed by atoms with van der Waals surface area (Å²) in [6.45, 7) is 10.9. The van der Waals surface area contributed by atoms with E-state index < -0.39 is 7.26 Å². The first-order valence-electron chi connectivity index (χ1n) is 8.43. The van der Waals surface area contributed by atoms with E-state index in [0.29, 0.717) is 17.8 Å². The SMILES string of the molecule is CC(C)[C@H]1CC[C@H](C)C[C@@H]1OC(=O)[P+](C)(C)c1ccccc1. The number of carbonyl (C=O) groups is 1. The minimum absolute atomic E-state index is 0.0171. The predicted molar refractivity (Wildman–Crippen MR) is 96.5 cm³/mol. The van der Waals surface area contributed by atoms with Crippen molar-refractivity contribution in [2.24, 2.45) is 17.8 Å². The molecular formula is C19H30O2P+. The van der Waals surface area contributed by atoms with E-state index in [-0.39, 0.29) is 11.8 Å². The maximum absolute atomic E-state index is 12.8. The van der Waals surface area contributed by atoms with Gasteiger partial charge in [0.1, 0.15) is 11.4 Å². The van der Waals surface area contributed by atoms with Crippen LogP contribution in [0.4, 0.5) is 4.79 Å². The van der Waals surface area contributed by atoms with E-state index in [1.165, 1.54) is 12.8 Å². The highest BCUT2D eigenvalue weighted by molar-refractivity contribution is 7.95. The second kappa shape index (κ2) is 7.13. The molecule has 0 unspecified atom stereocenters. The lowest BCUT2D eigenvalue weighted by Gasteiger charge is -2.36. The zero-order valence-electron chi connectivity index (χ0n) is 14.6. The van der Waals surface area contributed by atoms with E-state index in [1.807, 2.05) is 18.2 Å². The molecule has 0 aromatic heterocycles. The Morgan fingerprint density at radius 1 is 1.18 bits per heavy atom. The molecule has 0 aliphatic heterocycles. The molecule has 0 spiro atoms. The molecule has 1 saturated carbocycles. The van der Waals surface area contributed by atoms with Gasteiger partial charge in [0.05, 0.1) is 13.3 Å². The van der Waals surface area contributed by atoms with Crippen molar-refractivity contribution < 1.29 is 9.53 Å². The third-order valence-corrected chi connectivity index (χ3v) is 7.68. The fourth-order valence-corrected chi connectivity index (χ4v) is 4.94. The largest absolute Gasteiger partial charge is 0.455 e. The Labute approximate surface area is 136 Å². The molecule has 0 bridgehead atoms. The quantitative estimate of drug-likeness (QED) is 0.714. The van der Waals surface area contributed by atoms with Crippen molar-refractivity contribution in [1.29, 1.82) is 0 Å². The van der Waals surface area contributed by atoms with Crippen LogP contribution in [0.25, 0.3) is 0 Å². The summed E-state index contributed by atoms with van der Waals surface area (Å²) < 4.78 is 6.07. The van der Waals surface area contributed by atoms with Crippen LogP contribution in [0.5, 0.6) is 0 Å². The van der Waals surface area contributed by atoms with Crippen LogP contribution in [0.1, 0.15) is 40.0 Å². The molecule has 122 valence electrons. The summed E-state index contributed by atoms with van der Waals surface area (Å²) in [6, 6.07) is 10.1. The molecular weight excluding hydrogens is 291 g/mol. The van der Waals surface area contributed by atoms with Crippen molar-refractivity contribution in [3.63, 3.8) is 0 Å². The van der Waals surface area contributed by atoms with Gasteiger partial charge in [-0.15, -0.1) is 0 Å². The lowest BCUT2D eigenvalue weighted by Crippen LogP contribution is -2.36. The smallest absolute Gasteiger partial charge is 0.432 e. The second-order valence-corrected chi connectivity index (χ2v) is 11.3. The number of benzene rings is 1. The Morgan fingerprint density at radius 2 is 1.82 bits per heavy atom. The maximum atomic E-state index is 12.8. The van der Waals surface area contributed by atoms with Gasteiger partial charge in [-0.2, -0.15) is 0 Å². The normalized spacial score (nSPS) is 26.0. The zero-order chi connectivity index (χ0) is 16.3. The van der Waals surface area contributed by atoms with Crippen LogP contribution in [-0.2, 0) is 4.74 Å². The van der Waals surface area contributed by atoms with Gasteiger partial charge in [0.2, 0.25) is 0 Å². The molecule has 0 amide bonds. The average molecular weight is 321 g/mol. The second-order valence-electron chi connectivity index (χ2n) is 7.54. The lowest BCUT2D eigenvalue weighted by molar-refractivity contribution is 0.0179. The first-order valence-corrected chi connectivity index (χ1v) is 11.1. The van der Waals surface area contributed by atoms with Crippen LogP contribution in [0.2, 0.25) is 0 Å². The summed E-state index contributed by atoms with van der Waals surface area (Å²) in [5, 5.41) is 1.13. The molecule has 0 N–H and O–H groups in total. The maximum Gasteiger partial charge on any atom is 0.455 e. The van der Waals surface area contributed by atoms with E-state index in [2.05, 4.69) is 46.2 Å². The monoisotopic (exact) mass is 321 g/mol. The number of rotatable bonds is 4. The van der Waals surface area contributed by atoms with E-state index in [4.69, 9.17) is 4.74 Å². The summed E-state index contributed by atoms with van der Waals surface area (Å²) in [5.41, 5.74) is 0.0171. The Kier molecular flexibility index (Phi) is 5.66. The molecule has 2 nitrogen and oxygen atoms in total. The highest BCUT2D eigenvalue weighted by atomic mass is 31.2. The van der Waals surface area contributed by atoms with E-state index >= 15 is 0 Å². The molecule has 1 aromatic rings. The van der Waals surface area contributed by atoms with Gasteiger partial charge < -0.3 is 4.74 Å². The first kappa shape index (κ1) is 17.5. The average Bonchev–Trinajstić information content (AvgIpc) is 2.47. The Bertz CT molecular complexity index is 495. The third-order valence-electron chi connectivity index (χ3n) is 5.07. The fraction of sp³-hybridized carbons (Fsp3) is 0.632. The number of carbonyl (C=O) groups excluding carboxylic acids is 1. The van der Waals surface area contributed by atoms with Crippen molar-refractivity contribution >= 4 is 18.3 Å². The number of ether oxygens (including phenoxy) is 1. The molecule has 1 fully saturated rings. The summed E-state index contributed by atoms with van der Waals surface area (Å²) in [4.78, 5) is 12.8. The van der Waals surface area contributed by atoms with Gasteiger partial charge in [0.15, 0.2) is 7.26 Å². The van der Waals surface area contributed by atoms with Crippen LogP contribution in [0.3, 0.4) is 0 Å². The van der Waals surface area contributed by atoms with E-state index in [1.54, 1.807) is 0 Å². The summed E-state index contributed by atoms with van der Waals surface area (Å²) in [6.07, 6.45) is 3.55. The predicted octanol–water partition coefficient (Wildman–Crippen LogP) is 5.19. The van der Waals surface area contributed by atoms with E-state index in [0.717, 1.165) is 11.7 Å². The first-order chi connectivity index (χ1) is 10.3. The minimum atomic E-state index is -1.89. The lowest BCUT2D eigenvalue weighted by atomic mass is 9.75. The topological polar surface area (TPSA) is 26.3 Å². The van der Waals surface area contributed by atoms with Crippen LogP contribution < -0.4 is 5.30 Å². The molecule has 1 aromatic carbocycles. The van der Waals surface area contributed by atoms with Gasteiger partial charge in [0, 0.05) is 0 Å². The number of hydrogen-bond donors (Lipinski definition) is 0. The van der Waals surface area contributed by atoms with Gasteiger partial charge in [0.25, 0.3) is 0 Å². The minimum Gasteiger partial charge on any atom is -0.432 e. The van der Waals surface area contributed by atoms with E-state index in [9.17, 15) is 4.79 Å². The number of hydrogen-bond acceptors (Lipinski definition) is 2. The van der Waals surface area contributed by atoms with Crippen molar-refractivity contribution in [3.05, 3.63) is 30.3 Å². The molecule has 0 heterocycles. The highest BCUT2D eigenvalue weighted by Crippen LogP contribution is 2.52. The van der Waals surface area contributed by atoms with Crippen LogP contribution in [0, 0.1) is 17.8 Å². The molecule has 1 aliphatic rings. The third kappa shape index (κ3) is 3.90. The molecule has 22 heavy (non-hydrogen) atoms. The molecule has 0 radical (unpaired) electrons. The summed E-state index contributed by atoms with van der Waals surface area (Å²) in [7, 11) is -1.89. The van der Waals surface area contributed by atoms with Gasteiger partial charge in [-0.25, -0.2) is 4.79 Å². The molecule has 2 rings (SSSR count). The van der Waals surface area contributed by atoms with Gasteiger partial charge in [-0.05, 0) is 42.7 Å². The fourth-order valence-electron chi connectivity index (χ4n) is 3.42. The molecule has 3 heteroatoms.